The highest BCUT2D eigenvalue weighted by molar-refractivity contribution is 5.81. The quantitative estimate of drug-likeness (QED) is 0.192. The van der Waals surface area contributed by atoms with E-state index >= 15 is 0 Å². The van der Waals surface area contributed by atoms with Gasteiger partial charge in [0.05, 0.1) is 11.7 Å². The van der Waals surface area contributed by atoms with E-state index in [4.69, 9.17) is 9.47 Å². The van der Waals surface area contributed by atoms with Crippen LogP contribution in [0.25, 0.3) is 10.9 Å². The smallest absolute Gasteiger partial charge is 0.426 e. The minimum absolute atomic E-state index is 0.00189. The summed E-state index contributed by atoms with van der Waals surface area (Å²) in [5.41, 5.74) is 4.73. The molecule has 196 valence electrons. The lowest BCUT2D eigenvalue weighted by atomic mass is 10.0. The van der Waals surface area contributed by atoms with Crippen molar-refractivity contribution < 1.29 is 35.8 Å². The van der Waals surface area contributed by atoms with Crippen LogP contribution in [0.1, 0.15) is 11.1 Å². The number of aromatic nitrogens is 1. The van der Waals surface area contributed by atoms with E-state index < -0.39 is 23.7 Å². The summed E-state index contributed by atoms with van der Waals surface area (Å²) in [5, 5.41) is 0.651. The monoisotopic (exact) mass is 533 g/mol. The molecule has 2 fully saturated rings. The van der Waals surface area contributed by atoms with Gasteiger partial charge in [0.1, 0.15) is 23.0 Å². The summed E-state index contributed by atoms with van der Waals surface area (Å²) in [5.74, 6) is 1.42. The number of nitrogens with zero attached hydrogens (tertiary/aromatic N) is 1. The van der Waals surface area contributed by atoms with Crippen LogP contribution in [-0.4, -0.2) is 17.3 Å². The number of hydrogen-bond acceptors (Lipinski definition) is 7. The van der Waals surface area contributed by atoms with E-state index in [0.717, 1.165) is 0 Å². The van der Waals surface area contributed by atoms with Crippen molar-refractivity contribution in [1.82, 2.24) is 26.7 Å². The van der Waals surface area contributed by atoms with Crippen LogP contribution in [-0.2, 0) is 11.3 Å². The normalized spacial score (nSPS) is 17.7. The van der Waals surface area contributed by atoms with Crippen LogP contribution in [0.15, 0.2) is 79.0 Å². The van der Waals surface area contributed by atoms with Crippen molar-refractivity contribution in [2.24, 2.45) is 0 Å². The molecule has 4 N–H and O–H groups in total. The number of pyridine rings is 1. The number of alkyl halides is 6. The van der Waals surface area contributed by atoms with Crippen molar-refractivity contribution >= 4 is 10.9 Å². The average molecular weight is 533 g/mol. The molecule has 6 rings (SSSR count). The van der Waals surface area contributed by atoms with Crippen molar-refractivity contribution in [3.05, 3.63) is 90.1 Å². The molecule has 0 aliphatic carbocycles. The summed E-state index contributed by atoms with van der Waals surface area (Å²) in [6, 6.07) is 17.7. The lowest BCUT2D eigenvalue weighted by molar-refractivity contribution is -0.166. The van der Waals surface area contributed by atoms with Crippen LogP contribution in [0.5, 0.6) is 23.0 Å². The molecule has 1 aromatic heterocycles. The predicted octanol–water partition coefficient (Wildman–Crippen LogP) is 5.47. The highest BCUT2D eigenvalue weighted by Crippen LogP contribution is 2.43. The lowest BCUT2D eigenvalue weighted by Crippen LogP contribution is -2.34. The Balaban J connectivity index is 1.17. The molecule has 2 aliphatic rings. The summed E-state index contributed by atoms with van der Waals surface area (Å²) in [4.78, 5) is 4.32. The van der Waals surface area contributed by atoms with E-state index in [-0.39, 0.29) is 11.1 Å². The van der Waals surface area contributed by atoms with Crippen LogP contribution < -0.4 is 31.2 Å². The topological polar surface area (TPSA) is 119 Å². The van der Waals surface area contributed by atoms with Crippen LogP contribution in [0.2, 0.25) is 0 Å². The van der Waals surface area contributed by atoms with Gasteiger partial charge in [-0.2, -0.15) is 26.3 Å². The van der Waals surface area contributed by atoms with Gasteiger partial charge in [0.2, 0.25) is 11.3 Å². The Bertz CT molecular complexity index is 1390. The molecule has 3 heterocycles. The highest BCUT2D eigenvalue weighted by atomic mass is 19.4. The van der Waals surface area contributed by atoms with Gasteiger partial charge in [-0.05, 0) is 59.7 Å². The molecule has 7 nitrogen and oxygen atoms in total. The zero-order valence-electron chi connectivity index (χ0n) is 19.0. The fourth-order valence-corrected chi connectivity index (χ4v) is 4.05. The first-order valence-corrected chi connectivity index (χ1v) is 11.2. The van der Waals surface area contributed by atoms with E-state index in [2.05, 4.69) is 26.7 Å². The molecule has 0 atom stereocenters. The maximum Gasteiger partial charge on any atom is 0.426 e. The fraction of sp³-hybridized carbons (Fsp3) is 0.160. The Hall–Kier alpha value is -3.91. The van der Waals surface area contributed by atoms with Gasteiger partial charge in [-0.1, -0.05) is 24.3 Å². The fourth-order valence-electron chi connectivity index (χ4n) is 4.05. The van der Waals surface area contributed by atoms with Gasteiger partial charge in [0.15, 0.2) is 0 Å². The van der Waals surface area contributed by atoms with Gasteiger partial charge in [0, 0.05) is 5.39 Å². The zero-order chi connectivity index (χ0) is 26.8. The largest absolute Gasteiger partial charge is 0.457 e. The molecular weight excluding hydrogens is 516 g/mol. The Kier molecular flexibility index (Phi) is 5.33. The molecule has 0 spiro atoms. The van der Waals surface area contributed by atoms with Gasteiger partial charge < -0.3 is 9.47 Å². The SMILES string of the molecule is FC(F)(F)C1(c2ccc(Oc3ccc4ncc(Oc5ccc(C6(C(F)(F)F)NN6)cc5)cc4c3)cc2)NN1. The van der Waals surface area contributed by atoms with Crippen molar-refractivity contribution in [3.63, 3.8) is 0 Å². The first kappa shape index (κ1) is 24.4. The third-order valence-electron chi connectivity index (χ3n) is 6.27. The highest BCUT2D eigenvalue weighted by Gasteiger charge is 2.66. The number of hydrogen-bond donors (Lipinski definition) is 4. The summed E-state index contributed by atoms with van der Waals surface area (Å²) < 4.78 is 91.0. The van der Waals surface area contributed by atoms with Gasteiger partial charge >= 0.3 is 12.4 Å². The van der Waals surface area contributed by atoms with Crippen molar-refractivity contribution in [3.8, 4) is 23.0 Å². The van der Waals surface area contributed by atoms with Gasteiger partial charge in [-0.15, -0.1) is 0 Å². The van der Waals surface area contributed by atoms with E-state index in [9.17, 15) is 26.3 Å². The zero-order valence-corrected chi connectivity index (χ0v) is 19.0. The summed E-state index contributed by atoms with van der Waals surface area (Å²) in [6.07, 6.45) is -7.52. The van der Waals surface area contributed by atoms with Crippen molar-refractivity contribution in [1.29, 1.82) is 0 Å². The van der Waals surface area contributed by atoms with E-state index in [1.54, 1.807) is 24.3 Å². The van der Waals surface area contributed by atoms with Crippen LogP contribution in [0.4, 0.5) is 26.3 Å². The molecule has 0 amide bonds. The Labute approximate surface area is 210 Å². The minimum atomic E-state index is -4.50. The molecule has 0 unspecified atom stereocenters. The Morgan fingerprint density at radius 2 is 0.974 bits per heavy atom. The second-order valence-corrected chi connectivity index (χ2v) is 8.77. The summed E-state index contributed by atoms with van der Waals surface area (Å²) >= 11 is 0. The second-order valence-electron chi connectivity index (χ2n) is 8.77. The first-order chi connectivity index (χ1) is 18.0. The number of ether oxygens (including phenoxy) is 2. The molecule has 0 saturated carbocycles. The molecule has 13 heteroatoms. The number of halogens is 6. The average Bonchev–Trinajstić information content (AvgIpc) is 3.78. The van der Waals surface area contributed by atoms with E-state index in [1.165, 1.54) is 54.7 Å². The molecule has 0 bridgehead atoms. The van der Waals surface area contributed by atoms with Crippen LogP contribution in [0, 0.1) is 0 Å². The second kappa shape index (κ2) is 8.30. The Morgan fingerprint density at radius 3 is 1.42 bits per heavy atom. The van der Waals surface area contributed by atoms with Gasteiger partial charge in [-0.25, -0.2) is 21.7 Å². The lowest BCUT2D eigenvalue weighted by Gasteiger charge is -2.16. The van der Waals surface area contributed by atoms with E-state index in [1.807, 2.05) is 0 Å². The number of benzene rings is 3. The maximum atomic E-state index is 13.2. The summed E-state index contributed by atoms with van der Waals surface area (Å²) in [7, 11) is 0. The first-order valence-electron chi connectivity index (χ1n) is 11.2. The number of hydrazine groups is 2. The third-order valence-corrected chi connectivity index (χ3v) is 6.27. The van der Waals surface area contributed by atoms with Gasteiger partial charge in [-0.3, -0.25) is 4.98 Å². The standard InChI is InChI=1S/C25H17F6N5O2/c26-24(27,28)22(33-34-22)15-1-5-17(6-2-15)37-19-9-10-21-14(11-19)12-20(13-32-21)38-18-7-3-16(4-8-18)23(35-36-23)25(29,30)31/h1-13,33-36H. The summed E-state index contributed by atoms with van der Waals surface area (Å²) in [6.45, 7) is 0. The van der Waals surface area contributed by atoms with E-state index in [0.29, 0.717) is 33.9 Å². The molecule has 0 radical (unpaired) electrons. The molecule has 4 aromatic rings. The van der Waals surface area contributed by atoms with Gasteiger partial charge in [0.25, 0.3) is 0 Å². The minimum Gasteiger partial charge on any atom is -0.457 e. The Morgan fingerprint density at radius 1 is 0.553 bits per heavy atom. The third kappa shape index (κ3) is 4.19. The molecule has 2 aliphatic heterocycles. The molecule has 3 aromatic carbocycles. The molecular formula is C25H17F6N5O2. The van der Waals surface area contributed by atoms with Crippen molar-refractivity contribution in [2.75, 3.05) is 0 Å². The van der Waals surface area contributed by atoms with Crippen LogP contribution in [0.3, 0.4) is 0 Å². The number of fused-ring (bicyclic) bond motifs is 1. The number of nitrogens with one attached hydrogen (secondary N) is 4. The molecule has 2 saturated heterocycles. The maximum absolute atomic E-state index is 13.2. The molecule has 38 heavy (non-hydrogen) atoms. The van der Waals surface area contributed by atoms with Crippen LogP contribution >= 0.6 is 0 Å². The van der Waals surface area contributed by atoms with Crippen molar-refractivity contribution in [2.45, 2.75) is 23.7 Å². The predicted molar refractivity (Wildman–Crippen MR) is 123 cm³/mol. The number of rotatable bonds is 6.